The van der Waals surface area contributed by atoms with Crippen LogP contribution in [0.1, 0.15) is 58.8 Å². The van der Waals surface area contributed by atoms with Crippen molar-refractivity contribution in [3.8, 4) is 0 Å². The molecule has 2 atom stereocenters. The Morgan fingerprint density at radius 3 is 2.29 bits per heavy atom. The molecule has 102 valence electrons. The molecule has 0 radical (unpaired) electrons. The Morgan fingerprint density at radius 1 is 1.24 bits per heavy atom. The summed E-state index contributed by atoms with van der Waals surface area (Å²) in [4.78, 5) is 0. The molecule has 0 aromatic heterocycles. The zero-order chi connectivity index (χ0) is 13.1. The van der Waals surface area contributed by atoms with Crippen molar-refractivity contribution in [2.24, 2.45) is 5.41 Å². The van der Waals surface area contributed by atoms with Crippen molar-refractivity contribution in [3.05, 3.63) is 12.7 Å². The highest BCUT2D eigenvalue weighted by Crippen LogP contribution is 2.30. The van der Waals surface area contributed by atoms with E-state index in [0.717, 1.165) is 6.42 Å². The van der Waals surface area contributed by atoms with Gasteiger partial charge in [-0.05, 0) is 6.42 Å². The van der Waals surface area contributed by atoms with Gasteiger partial charge in [0, 0.05) is 18.4 Å². The second-order valence-electron chi connectivity index (χ2n) is 5.12. The van der Waals surface area contributed by atoms with E-state index in [-0.39, 0.29) is 11.5 Å². The molecule has 2 heteroatoms. The maximum atomic E-state index is 6.01. The van der Waals surface area contributed by atoms with Crippen molar-refractivity contribution in [1.82, 2.24) is 0 Å². The minimum atomic E-state index is -0.0975. The van der Waals surface area contributed by atoms with Gasteiger partial charge in [-0.2, -0.15) is 0 Å². The molecule has 0 aromatic carbocycles. The first-order chi connectivity index (χ1) is 8.14. The monoisotopic (exact) mass is 260 g/mol. The fourth-order valence-electron chi connectivity index (χ4n) is 2.10. The van der Waals surface area contributed by atoms with Crippen molar-refractivity contribution >= 4 is 11.6 Å². The maximum absolute atomic E-state index is 6.01. The van der Waals surface area contributed by atoms with Crippen molar-refractivity contribution in [3.63, 3.8) is 0 Å². The molecule has 0 amide bonds. The number of alkyl halides is 1. The van der Waals surface area contributed by atoms with Crippen molar-refractivity contribution in [2.75, 3.05) is 13.0 Å². The Labute approximate surface area is 113 Å². The lowest BCUT2D eigenvalue weighted by molar-refractivity contribution is 0.0249. The molecule has 0 rings (SSSR count). The summed E-state index contributed by atoms with van der Waals surface area (Å²) in [5.41, 5.74) is -0.0975. The maximum Gasteiger partial charge on any atom is 0.0670 e. The normalized spacial score (nSPS) is 16.5. The largest absolute Gasteiger partial charge is 0.381 e. The van der Waals surface area contributed by atoms with Crippen LogP contribution in [0.3, 0.4) is 0 Å². The third-order valence-electron chi connectivity index (χ3n) is 3.59. The summed E-state index contributed by atoms with van der Waals surface area (Å²) in [5.74, 6) is 0.574. The summed E-state index contributed by atoms with van der Waals surface area (Å²) >= 11 is 6.01. The predicted molar refractivity (Wildman–Crippen MR) is 77.8 cm³/mol. The van der Waals surface area contributed by atoms with Crippen LogP contribution in [0, 0.1) is 5.41 Å². The highest BCUT2D eigenvalue weighted by Gasteiger charge is 2.30. The van der Waals surface area contributed by atoms with Crippen LogP contribution in [-0.2, 0) is 4.74 Å². The lowest BCUT2D eigenvalue weighted by atomic mass is 9.83. The Morgan fingerprint density at radius 2 is 1.82 bits per heavy atom. The highest BCUT2D eigenvalue weighted by molar-refractivity contribution is 6.18. The lowest BCUT2D eigenvalue weighted by Crippen LogP contribution is -2.33. The summed E-state index contributed by atoms with van der Waals surface area (Å²) in [6.45, 7) is 8.25. The standard InChI is InChI=1S/C15H29ClO/c1-5-7-8-9-10-11-12-14(17-4)15(3,6-2)13-16/h6,14H,2,5,7-13H2,1,3-4H3. The Hall–Kier alpha value is -0.0100. The molecule has 0 aromatic rings. The summed E-state index contributed by atoms with van der Waals surface area (Å²) < 4.78 is 5.57. The van der Waals surface area contributed by atoms with Crippen LogP contribution in [0.2, 0.25) is 0 Å². The second kappa shape index (κ2) is 9.96. The zero-order valence-electron chi connectivity index (χ0n) is 11.8. The van der Waals surface area contributed by atoms with E-state index < -0.39 is 0 Å². The van der Waals surface area contributed by atoms with Gasteiger partial charge in [0.1, 0.15) is 0 Å². The van der Waals surface area contributed by atoms with Crippen LogP contribution >= 0.6 is 11.6 Å². The molecule has 0 fully saturated rings. The first-order valence-corrected chi connectivity index (χ1v) is 7.40. The first kappa shape index (κ1) is 17.0. The molecule has 0 saturated carbocycles. The molecular weight excluding hydrogens is 232 g/mol. The number of hydrogen-bond acceptors (Lipinski definition) is 1. The molecule has 0 spiro atoms. The van der Waals surface area contributed by atoms with Gasteiger partial charge in [0.05, 0.1) is 6.10 Å². The number of rotatable bonds is 11. The number of unbranched alkanes of at least 4 members (excludes halogenated alkanes) is 5. The zero-order valence-corrected chi connectivity index (χ0v) is 12.6. The van der Waals surface area contributed by atoms with Crippen LogP contribution in [0.15, 0.2) is 12.7 Å². The van der Waals surface area contributed by atoms with E-state index in [9.17, 15) is 0 Å². The molecule has 2 unspecified atom stereocenters. The number of ether oxygens (including phenoxy) is 1. The van der Waals surface area contributed by atoms with E-state index in [1.165, 1.54) is 38.5 Å². The van der Waals surface area contributed by atoms with E-state index in [0.29, 0.717) is 5.88 Å². The van der Waals surface area contributed by atoms with Crippen LogP contribution in [0.25, 0.3) is 0 Å². The predicted octanol–water partition coefficient (Wildman–Crippen LogP) is 5.18. The van der Waals surface area contributed by atoms with Crippen molar-refractivity contribution < 1.29 is 4.74 Å². The SMILES string of the molecule is C=CC(C)(CCl)C(CCCCCCCC)OC. The van der Waals surface area contributed by atoms with E-state index in [4.69, 9.17) is 16.3 Å². The molecule has 0 aliphatic carbocycles. The van der Waals surface area contributed by atoms with Gasteiger partial charge in [-0.25, -0.2) is 0 Å². The van der Waals surface area contributed by atoms with Gasteiger partial charge in [0.15, 0.2) is 0 Å². The van der Waals surface area contributed by atoms with Gasteiger partial charge in [-0.15, -0.1) is 18.2 Å². The summed E-state index contributed by atoms with van der Waals surface area (Å²) in [6.07, 6.45) is 11.1. The second-order valence-corrected chi connectivity index (χ2v) is 5.39. The summed E-state index contributed by atoms with van der Waals surface area (Å²) in [6, 6.07) is 0. The quantitative estimate of drug-likeness (QED) is 0.282. The number of halogens is 1. The third-order valence-corrected chi connectivity index (χ3v) is 4.17. The summed E-state index contributed by atoms with van der Waals surface area (Å²) in [5, 5.41) is 0. The minimum Gasteiger partial charge on any atom is -0.381 e. The highest BCUT2D eigenvalue weighted by atomic mass is 35.5. The van der Waals surface area contributed by atoms with Gasteiger partial charge < -0.3 is 4.74 Å². The molecule has 17 heavy (non-hydrogen) atoms. The summed E-state index contributed by atoms with van der Waals surface area (Å²) in [7, 11) is 1.77. The molecule has 0 heterocycles. The minimum absolute atomic E-state index is 0.0975. The van der Waals surface area contributed by atoms with Crippen LogP contribution in [0.5, 0.6) is 0 Å². The average Bonchev–Trinajstić information content (AvgIpc) is 2.37. The Balaban J connectivity index is 3.86. The van der Waals surface area contributed by atoms with Crippen LogP contribution < -0.4 is 0 Å². The smallest absolute Gasteiger partial charge is 0.0670 e. The van der Waals surface area contributed by atoms with Gasteiger partial charge >= 0.3 is 0 Å². The molecule has 0 bridgehead atoms. The molecule has 0 saturated heterocycles. The van der Waals surface area contributed by atoms with Gasteiger partial charge in [-0.1, -0.05) is 58.4 Å². The molecule has 0 aliphatic heterocycles. The van der Waals surface area contributed by atoms with E-state index in [1.807, 2.05) is 6.08 Å². The van der Waals surface area contributed by atoms with Crippen LogP contribution in [-0.4, -0.2) is 19.1 Å². The van der Waals surface area contributed by atoms with Crippen molar-refractivity contribution in [2.45, 2.75) is 64.9 Å². The molecule has 0 N–H and O–H groups in total. The Kier molecular flexibility index (Phi) is 9.96. The fourth-order valence-corrected chi connectivity index (χ4v) is 2.38. The van der Waals surface area contributed by atoms with Gasteiger partial charge in [0.25, 0.3) is 0 Å². The van der Waals surface area contributed by atoms with Crippen molar-refractivity contribution in [1.29, 1.82) is 0 Å². The average molecular weight is 261 g/mol. The number of hydrogen-bond donors (Lipinski definition) is 0. The number of methoxy groups -OCH3 is 1. The Bertz CT molecular complexity index is 193. The van der Waals surface area contributed by atoms with E-state index in [1.54, 1.807) is 7.11 Å². The third kappa shape index (κ3) is 6.47. The molecular formula is C15H29ClO. The van der Waals surface area contributed by atoms with E-state index in [2.05, 4.69) is 20.4 Å². The molecule has 1 nitrogen and oxygen atoms in total. The van der Waals surface area contributed by atoms with Gasteiger partial charge in [0.2, 0.25) is 0 Å². The van der Waals surface area contributed by atoms with E-state index >= 15 is 0 Å². The van der Waals surface area contributed by atoms with Gasteiger partial charge in [-0.3, -0.25) is 0 Å². The molecule has 0 aliphatic rings. The topological polar surface area (TPSA) is 9.23 Å². The fraction of sp³-hybridized carbons (Fsp3) is 0.867. The lowest BCUT2D eigenvalue weighted by Gasteiger charge is -2.32. The van der Waals surface area contributed by atoms with Crippen LogP contribution in [0.4, 0.5) is 0 Å². The first-order valence-electron chi connectivity index (χ1n) is 6.87.